The number of hydrogen-bond donors (Lipinski definition) is 1. The first-order valence-electron chi connectivity index (χ1n) is 8.34. The molecule has 0 aromatic heterocycles. The Bertz CT molecular complexity index is 340. The van der Waals surface area contributed by atoms with Gasteiger partial charge in [-0.15, -0.1) is 0 Å². The summed E-state index contributed by atoms with van der Waals surface area (Å²) in [6, 6.07) is 0.350. The van der Waals surface area contributed by atoms with Gasteiger partial charge in [0.05, 0.1) is 12.6 Å². The molecule has 0 spiro atoms. The van der Waals surface area contributed by atoms with E-state index in [9.17, 15) is 0 Å². The maximum atomic E-state index is 5.95. The van der Waals surface area contributed by atoms with Crippen LogP contribution in [-0.2, 0) is 4.74 Å². The maximum Gasteiger partial charge on any atom is 0.111 e. The van der Waals surface area contributed by atoms with Crippen molar-refractivity contribution in [1.29, 1.82) is 0 Å². The summed E-state index contributed by atoms with van der Waals surface area (Å²) in [6.07, 6.45) is 9.78. The van der Waals surface area contributed by atoms with Crippen molar-refractivity contribution in [3.63, 3.8) is 0 Å². The molecule has 3 atom stereocenters. The van der Waals surface area contributed by atoms with Crippen LogP contribution in [0.15, 0.2) is 11.8 Å². The predicted octanol–water partition coefficient (Wildman–Crippen LogP) is 3.17. The SMILES string of the molecule is CCCNC(C1=CCCO1)C1(N(C)C)CCCC(C)C1. The van der Waals surface area contributed by atoms with Gasteiger partial charge in [-0.1, -0.05) is 26.7 Å². The normalized spacial score (nSPS) is 32.0. The van der Waals surface area contributed by atoms with Gasteiger partial charge in [0.15, 0.2) is 0 Å². The third-order valence-electron chi connectivity index (χ3n) is 5.05. The second-order valence-electron chi connectivity index (χ2n) is 6.83. The lowest BCUT2D eigenvalue weighted by Gasteiger charge is -2.50. The molecule has 3 unspecified atom stereocenters. The fraction of sp³-hybridized carbons (Fsp3) is 0.882. The molecule has 116 valence electrons. The van der Waals surface area contributed by atoms with Crippen LogP contribution in [0, 0.1) is 5.92 Å². The summed E-state index contributed by atoms with van der Waals surface area (Å²) in [4.78, 5) is 2.46. The molecule has 0 radical (unpaired) electrons. The minimum atomic E-state index is 0.211. The molecule has 1 fully saturated rings. The molecule has 0 aromatic rings. The van der Waals surface area contributed by atoms with E-state index in [1.54, 1.807) is 0 Å². The molecule has 20 heavy (non-hydrogen) atoms. The standard InChI is InChI=1S/C17H32N2O/c1-5-11-18-16(15-9-7-12-20-15)17(19(3)4)10-6-8-14(2)13-17/h9,14,16,18H,5-8,10-13H2,1-4H3. The van der Waals surface area contributed by atoms with Gasteiger partial charge in [-0.3, -0.25) is 0 Å². The van der Waals surface area contributed by atoms with E-state index in [1.807, 2.05) is 0 Å². The molecule has 2 aliphatic rings. The van der Waals surface area contributed by atoms with Crippen LogP contribution in [0.2, 0.25) is 0 Å². The lowest BCUT2D eigenvalue weighted by Crippen LogP contribution is -2.61. The zero-order chi connectivity index (χ0) is 14.6. The van der Waals surface area contributed by atoms with Crippen molar-refractivity contribution in [3.8, 4) is 0 Å². The second kappa shape index (κ2) is 6.95. The molecule has 0 aromatic carbocycles. The van der Waals surface area contributed by atoms with Crippen LogP contribution in [-0.4, -0.2) is 43.7 Å². The summed E-state index contributed by atoms with van der Waals surface area (Å²) in [5.41, 5.74) is 0.211. The highest BCUT2D eigenvalue weighted by atomic mass is 16.5. The van der Waals surface area contributed by atoms with Gasteiger partial charge < -0.3 is 15.0 Å². The van der Waals surface area contributed by atoms with E-state index in [4.69, 9.17) is 4.74 Å². The molecule has 0 amide bonds. The molecule has 0 bridgehead atoms. The van der Waals surface area contributed by atoms with Gasteiger partial charge in [-0.2, -0.15) is 0 Å². The van der Waals surface area contributed by atoms with Gasteiger partial charge in [0.25, 0.3) is 0 Å². The average molecular weight is 280 g/mol. The summed E-state index contributed by atoms with van der Waals surface area (Å²) in [5, 5.41) is 3.79. The quantitative estimate of drug-likeness (QED) is 0.809. The molecule has 1 saturated carbocycles. The summed E-state index contributed by atoms with van der Waals surface area (Å²) >= 11 is 0. The first-order valence-corrected chi connectivity index (χ1v) is 8.34. The van der Waals surface area contributed by atoms with E-state index in [-0.39, 0.29) is 5.54 Å². The summed E-state index contributed by atoms with van der Waals surface area (Å²) in [7, 11) is 4.49. The fourth-order valence-electron chi connectivity index (χ4n) is 3.97. The van der Waals surface area contributed by atoms with Crippen LogP contribution in [0.3, 0.4) is 0 Å². The Morgan fingerprint density at radius 3 is 2.85 bits per heavy atom. The average Bonchev–Trinajstić information content (AvgIpc) is 2.93. The molecule has 1 aliphatic carbocycles. The minimum absolute atomic E-state index is 0.211. The Labute approximate surface area is 124 Å². The Morgan fingerprint density at radius 1 is 1.50 bits per heavy atom. The molecule has 1 heterocycles. The van der Waals surface area contributed by atoms with E-state index in [0.29, 0.717) is 6.04 Å². The summed E-state index contributed by atoms with van der Waals surface area (Å²) in [6.45, 7) is 6.56. The number of hydrogen-bond acceptors (Lipinski definition) is 3. The van der Waals surface area contributed by atoms with Crippen molar-refractivity contribution in [2.45, 2.75) is 64.0 Å². The van der Waals surface area contributed by atoms with E-state index in [2.05, 4.69) is 44.2 Å². The van der Waals surface area contributed by atoms with Crippen molar-refractivity contribution in [1.82, 2.24) is 10.2 Å². The van der Waals surface area contributed by atoms with E-state index in [1.165, 1.54) is 37.9 Å². The number of likely N-dealkylation sites (N-methyl/N-ethyl adjacent to an activating group) is 1. The number of rotatable bonds is 6. The monoisotopic (exact) mass is 280 g/mol. The van der Waals surface area contributed by atoms with Crippen molar-refractivity contribution < 1.29 is 4.74 Å². The number of nitrogens with one attached hydrogen (secondary N) is 1. The largest absolute Gasteiger partial charge is 0.496 e. The Kier molecular flexibility index (Phi) is 5.50. The summed E-state index contributed by atoms with van der Waals surface area (Å²) < 4.78 is 5.95. The van der Waals surface area contributed by atoms with Crippen molar-refractivity contribution in [2.24, 2.45) is 5.92 Å². The maximum absolute atomic E-state index is 5.95. The number of ether oxygens (including phenoxy) is 1. The second-order valence-corrected chi connectivity index (χ2v) is 6.83. The van der Waals surface area contributed by atoms with Crippen molar-refractivity contribution >= 4 is 0 Å². The number of nitrogens with zero attached hydrogens (tertiary/aromatic N) is 1. The van der Waals surface area contributed by atoms with Gasteiger partial charge in [-0.25, -0.2) is 0 Å². The van der Waals surface area contributed by atoms with Gasteiger partial charge in [0.2, 0.25) is 0 Å². The Balaban J connectivity index is 2.25. The van der Waals surface area contributed by atoms with E-state index < -0.39 is 0 Å². The zero-order valence-corrected chi connectivity index (χ0v) is 13.7. The van der Waals surface area contributed by atoms with Crippen LogP contribution >= 0.6 is 0 Å². The third kappa shape index (κ3) is 3.20. The molecule has 2 rings (SSSR count). The molecule has 1 aliphatic heterocycles. The van der Waals surface area contributed by atoms with Gasteiger partial charge in [-0.05, 0) is 51.9 Å². The first-order chi connectivity index (χ1) is 9.60. The lowest BCUT2D eigenvalue weighted by atomic mass is 9.70. The van der Waals surface area contributed by atoms with Gasteiger partial charge in [0, 0.05) is 12.0 Å². The minimum Gasteiger partial charge on any atom is -0.496 e. The molecule has 1 N–H and O–H groups in total. The van der Waals surface area contributed by atoms with E-state index >= 15 is 0 Å². The van der Waals surface area contributed by atoms with Crippen molar-refractivity contribution in [3.05, 3.63) is 11.8 Å². The van der Waals surface area contributed by atoms with Crippen LogP contribution < -0.4 is 5.32 Å². The highest BCUT2D eigenvalue weighted by Gasteiger charge is 2.46. The van der Waals surface area contributed by atoms with Crippen molar-refractivity contribution in [2.75, 3.05) is 27.2 Å². The molecule has 0 saturated heterocycles. The zero-order valence-electron chi connectivity index (χ0n) is 13.7. The fourth-order valence-corrected chi connectivity index (χ4v) is 3.97. The molecular formula is C17H32N2O. The lowest BCUT2D eigenvalue weighted by molar-refractivity contribution is 0.0295. The predicted molar refractivity (Wildman–Crippen MR) is 84.8 cm³/mol. The Morgan fingerprint density at radius 2 is 2.30 bits per heavy atom. The van der Waals surface area contributed by atoms with Crippen LogP contribution in [0.25, 0.3) is 0 Å². The molecule has 3 heteroatoms. The molecule has 3 nitrogen and oxygen atoms in total. The summed E-state index contributed by atoms with van der Waals surface area (Å²) in [5.74, 6) is 2.00. The van der Waals surface area contributed by atoms with Crippen LogP contribution in [0.5, 0.6) is 0 Å². The molecular weight excluding hydrogens is 248 g/mol. The Hall–Kier alpha value is -0.540. The topological polar surface area (TPSA) is 24.5 Å². The smallest absolute Gasteiger partial charge is 0.111 e. The highest BCUT2D eigenvalue weighted by molar-refractivity contribution is 5.18. The van der Waals surface area contributed by atoms with Crippen LogP contribution in [0.4, 0.5) is 0 Å². The van der Waals surface area contributed by atoms with E-state index in [0.717, 1.165) is 25.5 Å². The highest BCUT2D eigenvalue weighted by Crippen LogP contribution is 2.41. The third-order valence-corrected chi connectivity index (χ3v) is 5.05. The van der Waals surface area contributed by atoms with Crippen LogP contribution in [0.1, 0.15) is 52.4 Å². The van der Waals surface area contributed by atoms with Gasteiger partial charge in [0.1, 0.15) is 5.76 Å². The van der Waals surface area contributed by atoms with Gasteiger partial charge >= 0.3 is 0 Å². The first kappa shape index (κ1) is 15.8.